The average molecular weight is 450 g/mol. The SMILES string of the molecule is O=C(NC(Cc1ccccc1)C(=O)Nc1cc(F)ccc1N1CCCC1)c1ccccc1F. The Labute approximate surface area is 191 Å². The number of rotatable bonds is 7. The van der Waals surface area contributed by atoms with Gasteiger partial charge in [-0.05, 0) is 48.7 Å². The van der Waals surface area contributed by atoms with Crippen LogP contribution in [0.5, 0.6) is 0 Å². The van der Waals surface area contributed by atoms with Crippen molar-refractivity contribution in [1.82, 2.24) is 5.32 Å². The number of hydrogen-bond donors (Lipinski definition) is 2. The molecule has 2 amide bonds. The van der Waals surface area contributed by atoms with Crippen molar-refractivity contribution in [3.63, 3.8) is 0 Å². The number of benzene rings is 3. The maximum absolute atomic E-state index is 14.1. The van der Waals surface area contributed by atoms with Gasteiger partial charge < -0.3 is 15.5 Å². The Bertz CT molecular complexity index is 1130. The third-order valence-electron chi connectivity index (χ3n) is 5.69. The van der Waals surface area contributed by atoms with Crippen LogP contribution in [0, 0.1) is 11.6 Å². The highest BCUT2D eigenvalue weighted by atomic mass is 19.1. The highest BCUT2D eigenvalue weighted by Crippen LogP contribution is 2.30. The molecule has 0 spiro atoms. The fourth-order valence-electron chi connectivity index (χ4n) is 4.00. The summed E-state index contributed by atoms with van der Waals surface area (Å²) in [5, 5.41) is 5.44. The molecule has 0 saturated carbocycles. The maximum atomic E-state index is 14.1. The summed E-state index contributed by atoms with van der Waals surface area (Å²) in [6, 6.07) is 18.1. The first-order valence-corrected chi connectivity index (χ1v) is 11.0. The Morgan fingerprint density at radius 2 is 1.61 bits per heavy atom. The molecule has 3 aromatic carbocycles. The molecule has 170 valence electrons. The molecule has 1 atom stereocenters. The van der Waals surface area contributed by atoms with Crippen LogP contribution in [0.25, 0.3) is 0 Å². The molecule has 1 aliphatic rings. The molecule has 0 aromatic heterocycles. The molecule has 2 N–H and O–H groups in total. The molecule has 33 heavy (non-hydrogen) atoms. The molecule has 4 rings (SSSR count). The summed E-state index contributed by atoms with van der Waals surface area (Å²) in [5.41, 5.74) is 1.76. The zero-order valence-corrected chi connectivity index (χ0v) is 18.1. The number of halogens is 2. The normalized spacial score (nSPS) is 14.1. The Morgan fingerprint density at radius 1 is 0.909 bits per heavy atom. The van der Waals surface area contributed by atoms with Gasteiger partial charge in [-0.2, -0.15) is 0 Å². The average Bonchev–Trinajstić information content (AvgIpc) is 3.34. The highest BCUT2D eigenvalue weighted by molar-refractivity contribution is 6.02. The van der Waals surface area contributed by atoms with Crippen LogP contribution in [0.4, 0.5) is 20.2 Å². The summed E-state index contributed by atoms with van der Waals surface area (Å²) in [6.07, 6.45) is 2.25. The van der Waals surface area contributed by atoms with E-state index in [-0.39, 0.29) is 12.0 Å². The van der Waals surface area contributed by atoms with Gasteiger partial charge in [-0.25, -0.2) is 8.78 Å². The van der Waals surface area contributed by atoms with E-state index in [1.54, 1.807) is 12.1 Å². The smallest absolute Gasteiger partial charge is 0.254 e. The molecular formula is C26H25F2N3O2. The number of carbonyl (C=O) groups excluding carboxylic acids is 2. The van der Waals surface area contributed by atoms with E-state index in [2.05, 4.69) is 15.5 Å². The zero-order chi connectivity index (χ0) is 23.2. The first-order valence-electron chi connectivity index (χ1n) is 11.0. The van der Waals surface area contributed by atoms with Crippen molar-refractivity contribution >= 4 is 23.2 Å². The minimum atomic E-state index is -0.991. The summed E-state index contributed by atoms with van der Waals surface area (Å²) < 4.78 is 28.2. The van der Waals surface area contributed by atoms with E-state index in [0.29, 0.717) is 5.69 Å². The quantitative estimate of drug-likeness (QED) is 0.557. The number of carbonyl (C=O) groups is 2. The standard InChI is InChI=1S/C26H25F2N3O2/c27-19-12-13-24(31-14-6-7-15-31)22(17-19)29-26(33)23(16-18-8-2-1-3-9-18)30-25(32)20-10-4-5-11-21(20)28/h1-5,8-13,17,23H,6-7,14-16H2,(H,29,33)(H,30,32). The Balaban J connectivity index is 1.59. The molecule has 1 fully saturated rings. The second-order valence-corrected chi connectivity index (χ2v) is 8.04. The monoisotopic (exact) mass is 449 g/mol. The van der Waals surface area contributed by atoms with Gasteiger partial charge in [0.2, 0.25) is 5.91 Å². The molecule has 1 heterocycles. The summed E-state index contributed by atoms with van der Waals surface area (Å²) in [6.45, 7) is 1.65. The number of nitrogens with zero attached hydrogens (tertiary/aromatic N) is 1. The van der Waals surface area contributed by atoms with Gasteiger partial charge in [0.15, 0.2) is 0 Å². The number of nitrogens with one attached hydrogen (secondary N) is 2. The number of amides is 2. The molecule has 5 nitrogen and oxygen atoms in total. The van der Waals surface area contributed by atoms with Crippen molar-refractivity contribution in [2.45, 2.75) is 25.3 Å². The summed E-state index contributed by atoms with van der Waals surface area (Å²) in [5.74, 6) is -2.34. The van der Waals surface area contributed by atoms with Crippen LogP contribution in [0.1, 0.15) is 28.8 Å². The fourth-order valence-corrected chi connectivity index (χ4v) is 4.00. The van der Waals surface area contributed by atoms with Crippen LogP contribution >= 0.6 is 0 Å². The lowest BCUT2D eigenvalue weighted by molar-refractivity contribution is -0.118. The number of hydrogen-bond acceptors (Lipinski definition) is 3. The number of anilines is 2. The van der Waals surface area contributed by atoms with Crippen LogP contribution in [0.2, 0.25) is 0 Å². The topological polar surface area (TPSA) is 61.4 Å². The first-order chi connectivity index (χ1) is 16.0. The van der Waals surface area contributed by atoms with Crippen LogP contribution in [0.15, 0.2) is 72.8 Å². The Morgan fingerprint density at radius 3 is 2.33 bits per heavy atom. The third-order valence-corrected chi connectivity index (χ3v) is 5.69. The Kier molecular flexibility index (Phi) is 6.98. The lowest BCUT2D eigenvalue weighted by Crippen LogP contribution is -2.45. The molecule has 1 saturated heterocycles. The predicted octanol–water partition coefficient (Wildman–Crippen LogP) is 4.54. The summed E-state index contributed by atoms with van der Waals surface area (Å²) in [7, 11) is 0. The van der Waals surface area contributed by atoms with E-state index in [4.69, 9.17) is 0 Å². The van der Waals surface area contributed by atoms with Crippen LogP contribution in [0.3, 0.4) is 0 Å². The van der Waals surface area contributed by atoms with Gasteiger partial charge in [-0.1, -0.05) is 42.5 Å². The Hall–Kier alpha value is -3.74. The molecule has 1 aliphatic heterocycles. The maximum Gasteiger partial charge on any atom is 0.254 e. The van der Waals surface area contributed by atoms with Crippen molar-refractivity contribution in [1.29, 1.82) is 0 Å². The van der Waals surface area contributed by atoms with E-state index in [1.165, 1.54) is 30.3 Å². The van der Waals surface area contributed by atoms with E-state index in [0.717, 1.165) is 37.2 Å². The molecule has 0 radical (unpaired) electrons. The molecular weight excluding hydrogens is 424 g/mol. The van der Waals surface area contributed by atoms with Gasteiger partial charge in [-0.3, -0.25) is 9.59 Å². The van der Waals surface area contributed by atoms with Crippen LogP contribution < -0.4 is 15.5 Å². The minimum Gasteiger partial charge on any atom is -0.370 e. The first kappa shape index (κ1) is 22.5. The van der Waals surface area contributed by atoms with Crippen molar-refractivity contribution in [2.24, 2.45) is 0 Å². The zero-order valence-electron chi connectivity index (χ0n) is 18.1. The fraction of sp³-hybridized carbons (Fsp3) is 0.231. The van der Waals surface area contributed by atoms with Gasteiger partial charge in [0, 0.05) is 19.5 Å². The van der Waals surface area contributed by atoms with Gasteiger partial charge in [-0.15, -0.1) is 0 Å². The highest BCUT2D eigenvalue weighted by Gasteiger charge is 2.25. The molecule has 0 aliphatic carbocycles. The second-order valence-electron chi connectivity index (χ2n) is 8.04. The van der Waals surface area contributed by atoms with Crippen molar-refractivity contribution in [3.05, 3.63) is 95.6 Å². The molecule has 1 unspecified atom stereocenters. The third kappa shape index (κ3) is 5.55. The predicted molar refractivity (Wildman–Crippen MR) is 124 cm³/mol. The van der Waals surface area contributed by atoms with Gasteiger partial charge in [0.1, 0.15) is 17.7 Å². The largest absolute Gasteiger partial charge is 0.370 e. The van der Waals surface area contributed by atoms with Crippen molar-refractivity contribution in [3.8, 4) is 0 Å². The summed E-state index contributed by atoms with van der Waals surface area (Å²) >= 11 is 0. The van der Waals surface area contributed by atoms with E-state index < -0.39 is 29.5 Å². The van der Waals surface area contributed by atoms with Gasteiger partial charge in [0.05, 0.1) is 16.9 Å². The molecule has 0 bridgehead atoms. The lowest BCUT2D eigenvalue weighted by Gasteiger charge is -2.24. The second kappa shape index (κ2) is 10.3. The van der Waals surface area contributed by atoms with Gasteiger partial charge in [0.25, 0.3) is 5.91 Å². The van der Waals surface area contributed by atoms with Crippen molar-refractivity contribution in [2.75, 3.05) is 23.3 Å². The summed E-state index contributed by atoms with van der Waals surface area (Å²) in [4.78, 5) is 28.1. The molecule has 7 heteroatoms. The minimum absolute atomic E-state index is 0.146. The van der Waals surface area contributed by atoms with E-state index >= 15 is 0 Å². The van der Waals surface area contributed by atoms with E-state index in [9.17, 15) is 18.4 Å². The molecule has 3 aromatic rings. The van der Waals surface area contributed by atoms with Crippen molar-refractivity contribution < 1.29 is 18.4 Å². The van der Waals surface area contributed by atoms with Crippen LogP contribution in [-0.2, 0) is 11.2 Å². The van der Waals surface area contributed by atoms with E-state index in [1.807, 2.05) is 30.3 Å². The lowest BCUT2D eigenvalue weighted by atomic mass is 10.0. The van der Waals surface area contributed by atoms with Gasteiger partial charge >= 0.3 is 0 Å². The van der Waals surface area contributed by atoms with Crippen LogP contribution in [-0.4, -0.2) is 30.9 Å².